The Balaban J connectivity index is 1.74. The van der Waals surface area contributed by atoms with Crippen LogP contribution in [0.5, 0.6) is 0 Å². The predicted octanol–water partition coefficient (Wildman–Crippen LogP) is 2.54. The highest BCUT2D eigenvalue weighted by Gasteiger charge is 2.09. The Morgan fingerprint density at radius 2 is 2.00 bits per heavy atom. The number of nitrogens with one attached hydrogen (secondary N) is 2. The van der Waals surface area contributed by atoms with Crippen molar-refractivity contribution in [1.29, 1.82) is 5.41 Å². The Morgan fingerprint density at radius 1 is 1.12 bits per heavy atom. The van der Waals surface area contributed by atoms with Crippen molar-refractivity contribution in [2.45, 2.75) is 6.42 Å². The molecule has 26 heavy (non-hydrogen) atoms. The fraction of sp³-hybridized carbons (Fsp3) is 0.0526. The fourth-order valence-corrected chi connectivity index (χ4v) is 2.83. The number of hydrogen-bond acceptors (Lipinski definition) is 6. The van der Waals surface area contributed by atoms with Gasteiger partial charge < -0.3 is 21.9 Å². The summed E-state index contributed by atoms with van der Waals surface area (Å²) >= 11 is 0. The lowest BCUT2D eigenvalue weighted by molar-refractivity contribution is 1.24. The van der Waals surface area contributed by atoms with Crippen LogP contribution in [0.4, 0.5) is 0 Å². The molecule has 3 heterocycles. The van der Waals surface area contributed by atoms with Crippen molar-refractivity contribution < 1.29 is 0 Å². The lowest BCUT2D eigenvalue weighted by Gasteiger charge is -1.99. The summed E-state index contributed by atoms with van der Waals surface area (Å²) in [6.07, 6.45) is 8.80. The first-order chi connectivity index (χ1) is 12.7. The van der Waals surface area contributed by atoms with Crippen LogP contribution < -0.4 is 11.5 Å². The summed E-state index contributed by atoms with van der Waals surface area (Å²) in [4.78, 5) is 16.7. The Morgan fingerprint density at radius 3 is 2.85 bits per heavy atom. The molecule has 0 aliphatic carbocycles. The molecule has 0 aliphatic rings. The predicted molar refractivity (Wildman–Crippen MR) is 104 cm³/mol. The number of nitrogens with two attached hydrogens (primary N) is 2. The molecule has 128 valence electrons. The van der Waals surface area contributed by atoms with Crippen molar-refractivity contribution in [1.82, 2.24) is 19.9 Å². The van der Waals surface area contributed by atoms with Crippen LogP contribution in [0.15, 0.2) is 60.2 Å². The molecule has 0 amide bonds. The van der Waals surface area contributed by atoms with E-state index in [0.717, 1.165) is 44.9 Å². The van der Waals surface area contributed by atoms with E-state index in [-0.39, 0.29) is 5.70 Å². The van der Waals surface area contributed by atoms with E-state index in [1.54, 1.807) is 18.5 Å². The average Bonchev–Trinajstić information content (AvgIpc) is 3.02. The van der Waals surface area contributed by atoms with E-state index in [9.17, 15) is 0 Å². The van der Waals surface area contributed by atoms with Gasteiger partial charge in [-0.05, 0) is 36.3 Å². The Bertz CT molecular complexity index is 1200. The van der Waals surface area contributed by atoms with E-state index >= 15 is 0 Å². The minimum absolute atomic E-state index is 0.255. The molecule has 0 fully saturated rings. The van der Waals surface area contributed by atoms with Crippen LogP contribution in [-0.2, 0) is 6.42 Å². The van der Waals surface area contributed by atoms with Crippen molar-refractivity contribution >= 4 is 39.3 Å². The van der Waals surface area contributed by atoms with Crippen molar-refractivity contribution in [2.24, 2.45) is 11.5 Å². The molecular weight excluding hydrogens is 326 g/mol. The number of fused-ring (bicyclic) bond motifs is 4. The summed E-state index contributed by atoms with van der Waals surface area (Å²) in [5.74, 6) is 0. The van der Waals surface area contributed by atoms with Gasteiger partial charge in [-0.3, -0.25) is 4.98 Å². The van der Waals surface area contributed by atoms with Crippen LogP contribution in [0.3, 0.4) is 0 Å². The molecule has 4 aromatic rings. The molecule has 0 atom stereocenters. The van der Waals surface area contributed by atoms with Crippen LogP contribution >= 0.6 is 0 Å². The van der Waals surface area contributed by atoms with E-state index in [4.69, 9.17) is 21.9 Å². The number of rotatable bonds is 4. The van der Waals surface area contributed by atoms with Gasteiger partial charge in [0.25, 0.3) is 0 Å². The highest BCUT2D eigenvalue weighted by Crippen LogP contribution is 2.25. The zero-order chi connectivity index (χ0) is 18.1. The van der Waals surface area contributed by atoms with Crippen molar-refractivity contribution in [2.75, 3.05) is 0 Å². The van der Waals surface area contributed by atoms with Gasteiger partial charge in [0.2, 0.25) is 0 Å². The highest BCUT2D eigenvalue weighted by atomic mass is 14.9. The second kappa shape index (κ2) is 6.29. The third-order valence-corrected chi connectivity index (χ3v) is 4.20. The maximum Gasteiger partial charge on any atom is 0.157 e. The molecule has 3 aromatic heterocycles. The zero-order valence-electron chi connectivity index (χ0n) is 13.9. The molecule has 0 aliphatic heterocycles. The van der Waals surface area contributed by atoms with Gasteiger partial charge in [-0.1, -0.05) is 12.1 Å². The van der Waals surface area contributed by atoms with Crippen LogP contribution in [0, 0.1) is 5.41 Å². The maximum absolute atomic E-state index is 7.10. The minimum atomic E-state index is 0.255. The molecule has 0 spiro atoms. The first kappa shape index (κ1) is 15.8. The molecule has 7 nitrogen and oxygen atoms in total. The molecule has 0 radical (unpaired) electrons. The molecule has 4 rings (SSSR count). The van der Waals surface area contributed by atoms with Gasteiger partial charge in [0.1, 0.15) is 11.0 Å². The smallest absolute Gasteiger partial charge is 0.157 e. The van der Waals surface area contributed by atoms with Gasteiger partial charge in [0.05, 0.1) is 23.1 Å². The van der Waals surface area contributed by atoms with Gasteiger partial charge >= 0.3 is 0 Å². The molecule has 0 unspecified atom stereocenters. The minimum Gasteiger partial charge on any atom is -0.397 e. The molecular formula is C19H17N7. The topological polar surface area (TPSA) is 130 Å². The van der Waals surface area contributed by atoms with Crippen molar-refractivity contribution in [3.05, 3.63) is 65.8 Å². The highest BCUT2D eigenvalue weighted by molar-refractivity contribution is 6.05. The number of hydrogen-bond donors (Lipinski definition) is 4. The molecule has 7 heteroatoms. The largest absolute Gasteiger partial charge is 0.397 e. The van der Waals surface area contributed by atoms with Crippen molar-refractivity contribution in [3.63, 3.8) is 0 Å². The molecule has 6 N–H and O–H groups in total. The van der Waals surface area contributed by atoms with Crippen LogP contribution in [0.1, 0.15) is 5.56 Å². The molecule has 0 saturated carbocycles. The molecule has 1 aromatic carbocycles. The summed E-state index contributed by atoms with van der Waals surface area (Å²) in [6, 6.07) is 8.02. The average molecular weight is 343 g/mol. The Kier molecular flexibility index (Phi) is 3.81. The Hall–Kier alpha value is -3.74. The fourth-order valence-electron chi connectivity index (χ4n) is 2.83. The van der Waals surface area contributed by atoms with E-state index < -0.39 is 0 Å². The zero-order valence-corrected chi connectivity index (χ0v) is 13.9. The van der Waals surface area contributed by atoms with Crippen LogP contribution in [0.2, 0.25) is 0 Å². The number of pyridine rings is 1. The number of H-pyrrole nitrogens is 1. The maximum atomic E-state index is 7.10. The number of aromatic nitrogens is 4. The van der Waals surface area contributed by atoms with Crippen LogP contribution in [0.25, 0.3) is 33.1 Å². The quantitative estimate of drug-likeness (QED) is 0.334. The lowest BCUT2D eigenvalue weighted by atomic mass is 10.1. The first-order valence-electron chi connectivity index (χ1n) is 8.10. The van der Waals surface area contributed by atoms with Crippen molar-refractivity contribution in [3.8, 4) is 0 Å². The number of allylic oxidation sites excluding steroid dienone is 3. The van der Waals surface area contributed by atoms with Gasteiger partial charge in [-0.25, -0.2) is 9.97 Å². The monoisotopic (exact) mass is 343 g/mol. The Labute approximate surface area is 149 Å². The number of benzene rings is 1. The second-order valence-electron chi connectivity index (χ2n) is 5.95. The summed E-state index contributed by atoms with van der Waals surface area (Å²) in [6.45, 7) is 0. The second-order valence-corrected chi connectivity index (χ2v) is 5.95. The first-order valence-corrected chi connectivity index (χ1v) is 8.10. The third kappa shape index (κ3) is 2.75. The van der Waals surface area contributed by atoms with Gasteiger partial charge in [-0.2, -0.15) is 0 Å². The SMILES string of the molecule is N=C/C(N)=C(N)\C=C/Cc1ccc2[nH]c3nc4cnccc4nc3c2c1. The van der Waals surface area contributed by atoms with E-state index in [1.807, 2.05) is 24.3 Å². The van der Waals surface area contributed by atoms with Gasteiger partial charge in [-0.15, -0.1) is 0 Å². The number of nitrogens with zero attached hydrogens (tertiary/aromatic N) is 3. The van der Waals surface area contributed by atoms with E-state index in [2.05, 4.69) is 21.0 Å². The summed E-state index contributed by atoms with van der Waals surface area (Å²) < 4.78 is 0. The van der Waals surface area contributed by atoms with E-state index in [0.29, 0.717) is 12.1 Å². The normalized spacial score (nSPS) is 12.9. The summed E-state index contributed by atoms with van der Waals surface area (Å²) in [5, 5.41) is 8.13. The number of aromatic amines is 1. The molecule has 0 saturated heterocycles. The lowest BCUT2D eigenvalue weighted by Crippen LogP contribution is -2.08. The molecule has 0 bridgehead atoms. The van der Waals surface area contributed by atoms with Gasteiger partial charge in [0.15, 0.2) is 5.65 Å². The van der Waals surface area contributed by atoms with Gasteiger partial charge in [0, 0.05) is 23.3 Å². The third-order valence-electron chi connectivity index (χ3n) is 4.20. The van der Waals surface area contributed by atoms with E-state index in [1.165, 1.54) is 0 Å². The summed E-state index contributed by atoms with van der Waals surface area (Å²) in [5.41, 5.74) is 17.3. The van der Waals surface area contributed by atoms with Crippen LogP contribution in [-0.4, -0.2) is 26.2 Å². The summed E-state index contributed by atoms with van der Waals surface area (Å²) in [7, 11) is 0. The standard InChI is InChI=1S/C19H17N7/c20-9-14(22)13(21)3-1-2-11-4-5-15-12(8-11)18-19(25-15)26-17-10-23-7-6-16(17)24-18/h1,3-10,20H,2,21-22H2,(H,25,26)/b3-1-,14-13-,20-9?.